The van der Waals surface area contributed by atoms with Crippen molar-refractivity contribution in [3.8, 4) is 0 Å². The zero-order valence-corrected chi connectivity index (χ0v) is 12.0. The highest BCUT2D eigenvalue weighted by molar-refractivity contribution is 5.92. The van der Waals surface area contributed by atoms with E-state index < -0.39 is 0 Å². The van der Waals surface area contributed by atoms with Crippen LogP contribution in [0, 0.1) is 5.92 Å². The van der Waals surface area contributed by atoms with Gasteiger partial charge in [-0.1, -0.05) is 44.2 Å². The Bertz CT molecular complexity index is 401. The highest BCUT2D eigenvalue weighted by Gasteiger charge is 2.40. The molecular weight excluding hydrogens is 236 g/mol. The summed E-state index contributed by atoms with van der Waals surface area (Å²) in [6.07, 6.45) is 3.52. The van der Waals surface area contributed by atoms with Crippen molar-refractivity contribution in [3.05, 3.63) is 35.9 Å². The van der Waals surface area contributed by atoms with Crippen LogP contribution in [0.2, 0.25) is 0 Å². The summed E-state index contributed by atoms with van der Waals surface area (Å²) in [5.74, 6) is 0.598. The third-order valence-corrected chi connectivity index (χ3v) is 4.60. The van der Waals surface area contributed by atoms with Gasteiger partial charge in [0.15, 0.2) is 0 Å². The first kappa shape index (κ1) is 14.3. The third-order valence-electron chi connectivity index (χ3n) is 4.60. The number of carbonyl (C=O) groups is 1. The molecule has 0 bridgehead atoms. The first-order valence-electron chi connectivity index (χ1n) is 7.42. The van der Waals surface area contributed by atoms with Crippen LogP contribution in [0.1, 0.15) is 45.1 Å². The first-order chi connectivity index (χ1) is 9.24. The van der Waals surface area contributed by atoms with E-state index in [0.29, 0.717) is 5.78 Å². The molecule has 0 saturated carbocycles. The molecule has 2 nitrogen and oxygen atoms in total. The standard InChI is InChI=1S/C17H24O2/c1-3-17(4-2,15-8-6-5-7-9-15)16(18)14-10-12-19-13-11-14/h5-9,14H,3-4,10-13H2,1-2H3. The van der Waals surface area contributed by atoms with Crippen molar-refractivity contribution in [1.29, 1.82) is 0 Å². The molecule has 0 atom stereocenters. The van der Waals surface area contributed by atoms with Crippen LogP contribution in [0.25, 0.3) is 0 Å². The van der Waals surface area contributed by atoms with Gasteiger partial charge in [-0.2, -0.15) is 0 Å². The second kappa shape index (κ2) is 6.33. The molecule has 2 heteroatoms. The van der Waals surface area contributed by atoms with Crippen molar-refractivity contribution < 1.29 is 9.53 Å². The van der Waals surface area contributed by atoms with Gasteiger partial charge < -0.3 is 4.74 Å². The molecule has 0 spiro atoms. The fourth-order valence-corrected chi connectivity index (χ4v) is 3.26. The van der Waals surface area contributed by atoms with E-state index in [4.69, 9.17) is 4.74 Å². The number of hydrogen-bond acceptors (Lipinski definition) is 2. The summed E-state index contributed by atoms with van der Waals surface area (Å²) in [5, 5.41) is 0. The number of hydrogen-bond donors (Lipinski definition) is 0. The van der Waals surface area contributed by atoms with Crippen molar-refractivity contribution >= 4 is 5.78 Å². The topological polar surface area (TPSA) is 26.3 Å². The molecule has 1 heterocycles. The molecule has 1 aliphatic heterocycles. The average molecular weight is 260 g/mol. The van der Waals surface area contributed by atoms with Crippen molar-refractivity contribution in [1.82, 2.24) is 0 Å². The molecule has 0 amide bonds. The van der Waals surface area contributed by atoms with Gasteiger partial charge in [-0.15, -0.1) is 0 Å². The summed E-state index contributed by atoms with van der Waals surface area (Å²) in [4.78, 5) is 13.0. The molecule has 1 aromatic carbocycles. The molecule has 0 aliphatic carbocycles. The zero-order chi connectivity index (χ0) is 13.7. The molecule has 0 N–H and O–H groups in total. The molecule has 0 aromatic heterocycles. The van der Waals surface area contributed by atoms with Crippen molar-refractivity contribution in [2.75, 3.05) is 13.2 Å². The number of Topliss-reactive ketones (excluding diaryl/α,β-unsaturated/α-hetero) is 1. The Labute approximate surface area is 116 Å². The van der Waals surface area contributed by atoms with Crippen LogP contribution in [-0.2, 0) is 14.9 Å². The van der Waals surface area contributed by atoms with Crippen LogP contribution in [-0.4, -0.2) is 19.0 Å². The van der Waals surface area contributed by atoms with E-state index in [2.05, 4.69) is 26.0 Å². The Morgan fingerprint density at radius 1 is 1.16 bits per heavy atom. The van der Waals surface area contributed by atoms with Gasteiger partial charge in [0.05, 0.1) is 5.41 Å². The van der Waals surface area contributed by atoms with Gasteiger partial charge in [-0.3, -0.25) is 4.79 Å². The normalized spacial score (nSPS) is 17.4. The lowest BCUT2D eigenvalue weighted by Gasteiger charge is -2.35. The van der Waals surface area contributed by atoms with E-state index in [1.54, 1.807) is 0 Å². The summed E-state index contributed by atoms with van der Waals surface area (Å²) in [6, 6.07) is 10.3. The molecule has 0 radical (unpaired) electrons. The minimum absolute atomic E-state index is 0.175. The van der Waals surface area contributed by atoms with Crippen LogP contribution < -0.4 is 0 Å². The van der Waals surface area contributed by atoms with Crippen molar-refractivity contribution in [2.45, 2.75) is 44.9 Å². The molecule has 2 rings (SSSR count). The minimum Gasteiger partial charge on any atom is -0.381 e. The Morgan fingerprint density at radius 3 is 2.26 bits per heavy atom. The van der Waals surface area contributed by atoms with Crippen LogP contribution in [0.5, 0.6) is 0 Å². The highest BCUT2D eigenvalue weighted by Crippen LogP contribution is 2.37. The van der Waals surface area contributed by atoms with Crippen LogP contribution in [0.4, 0.5) is 0 Å². The maximum absolute atomic E-state index is 13.0. The average Bonchev–Trinajstić information content (AvgIpc) is 2.51. The lowest BCUT2D eigenvalue weighted by Crippen LogP contribution is -2.41. The fraction of sp³-hybridized carbons (Fsp3) is 0.588. The van der Waals surface area contributed by atoms with E-state index in [1.165, 1.54) is 5.56 Å². The minimum atomic E-state index is -0.302. The molecule has 1 aliphatic rings. The summed E-state index contributed by atoms with van der Waals surface area (Å²) in [6.45, 7) is 5.73. The third kappa shape index (κ3) is 2.74. The first-order valence-corrected chi connectivity index (χ1v) is 7.42. The van der Waals surface area contributed by atoms with Gasteiger partial charge in [0.1, 0.15) is 5.78 Å². The second-order valence-electron chi connectivity index (χ2n) is 5.41. The number of benzene rings is 1. The molecule has 1 saturated heterocycles. The van der Waals surface area contributed by atoms with Gasteiger partial charge in [-0.05, 0) is 31.2 Å². The van der Waals surface area contributed by atoms with Crippen molar-refractivity contribution in [3.63, 3.8) is 0 Å². The summed E-state index contributed by atoms with van der Waals surface area (Å²) < 4.78 is 5.38. The monoisotopic (exact) mass is 260 g/mol. The Kier molecular flexibility index (Phi) is 4.76. The van der Waals surface area contributed by atoms with Gasteiger partial charge in [0, 0.05) is 19.1 Å². The van der Waals surface area contributed by atoms with Gasteiger partial charge in [-0.25, -0.2) is 0 Å². The fourth-order valence-electron chi connectivity index (χ4n) is 3.26. The Hall–Kier alpha value is -1.15. The molecule has 104 valence electrons. The van der Waals surface area contributed by atoms with E-state index in [9.17, 15) is 4.79 Å². The molecule has 0 unspecified atom stereocenters. The van der Waals surface area contributed by atoms with Gasteiger partial charge in [0.2, 0.25) is 0 Å². The summed E-state index contributed by atoms with van der Waals surface area (Å²) in [5.41, 5.74) is 0.875. The number of ketones is 1. The number of rotatable bonds is 5. The van der Waals surface area contributed by atoms with Crippen LogP contribution in [0.3, 0.4) is 0 Å². The van der Waals surface area contributed by atoms with E-state index in [1.807, 2.05) is 18.2 Å². The summed E-state index contributed by atoms with van der Waals surface area (Å²) >= 11 is 0. The largest absolute Gasteiger partial charge is 0.381 e. The maximum atomic E-state index is 13.0. The second-order valence-corrected chi connectivity index (χ2v) is 5.41. The quantitative estimate of drug-likeness (QED) is 0.806. The zero-order valence-electron chi connectivity index (χ0n) is 12.0. The van der Waals surface area contributed by atoms with E-state index in [-0.39, 0.29) is 11.3 Å². The SMILES string of the molecule is CCC(CC)(C(=O)C1CCOCC1)c1ccccc1. The lowest BCUT2D eigenvalue weighted by atomic mass is 9.68. The molecule has 1 fully saturated rings. The molecule has 19 heavy (non-hydrogen) atoms. The highest BCUT2D eigenvalue weighted by atomic mass is 16.5. The van der Waals surface area contributed by atoms with Crippen LogP contribution in [0.15, 0.2) is 30.3 Å². The maximum Gasteiger partial charge on any atom is 0.146 e. The van der Waals surface area contributed by atoms with E-state index in [0.717, 1.165) is 38.9 Å². The van der Waals surface area contributed by atoms with Crippen LogP contribution >= 0.6 is 0 Å². The predicted octanol–water partition coefficient (Wildman–Crippen LogP) is 3.74. The lowest BCUT2D eigenvalue weighted by molar-refractivity contribution is -0.131. The number of ether oxygens (including phenoxy) is 1. The van der Waals surface area contributed by atoms with Gasteiger partial charge >= 0.3 is 0 Å². The summed E-state index contributed by atoms with van der Waals surface area (Å²) in [7, 11) is 0. The molecular formula is C17H24O2. The van der Waals surface area contributed by atoms with Gasteiger partial charge in [0.25, 0.3) is 0 Å². The van der Waals surface area contributed by atoms with E-state index >= 15 is 0 Å². The molecule has 1 aromatic rings. The smallest absolute Gasteiger partial charge is 0.146 e. The number of carbonyl (C=O) groups excluding carboxylic acids is 1. The Balaban J connectivity index is 2.30. The van der Waals surface area contributed by atoms with Crippen molar-refractivity contribution in [2.24, 2.45) is 5.92 Å². The predicted molar refractivity (Wildman–Crippen MR) is 77.3 cm³/mol. The Morgan fingerprint density at radius 2 is 1.74 bits per heavy atom.